The van der Waals surface area contributed by atoms with Gasteiger partial charge in [0, 0.05) is 0 Å². The van der Waals surface area contributed by atoms with Crippen molar-refractivity contribution in [2.45, 2.75) is 11.8 Å². The Balaban J connectivity index is 1.82. The van der Waals surface area contributed by atoms with Crippen molar-refractivity contribution < 1.29 is 9.90 Å². The zero-order chi connectivity index (χ0) is 17.9. The van der Waals surface area contributed by atoms with E-state index in [4.69, 9.17) is 0 Å². The third-order valence-electron chi connectivity index (χ3n) is 5.94. The van der Waals surface area contributed by atoms with Gasteiger partial charge in [-0.1, -0.05) is 66.7 Å². The molecule has 2 unspecified atom stereocenters. The number of benzene rings is 4. The minimum atomic E-state index is -0.811. The first kappa shape index (κ1) is 15.2. The predicted molar refractivity (Wildman–Crippen MR) is 107 cm³/mol. The molecule has 1 aliphatic rings. The Morgan fingerprint density at radius 3 is 2.27 bits per heavy atom. The lowest BCUT2D eigenvalue weighted by Gasteiger charge is -2.14. The standard InChI is InChI=1S/C24H18O2/c1-2-17-14-24(17,23(25)26)18-10-7-16-9-11-20-19-6-4-3-5-15(19)8-12-21(20)22(16)13-18/h2-13,17H,1,14H2,(H,25,26). The van der Waals surface area contributed by atoms with Crippen molar-refractivity contribution >= 4 is 38.3 Å². The second-order valence-electron chi connectivity index (χ2n) is 7.21. The molecule has 0 heterocycles. The summed E-state index contributed by atoms with van der Waals surface area (Å²) in [5.41, 5.74) is 0.0673. The number of carboxylic acid groups (broad SMARTS) is 1. The van der Waals surface area contributed by atoms with Crippen LogP contribution in [0.5, 0.6) is 0 Å². The molecule has 0 amide bonds. The van der Waals surface area contributed by atoms with Crippen molar-refractivity contribution in [3.63, 3.8) is 0 Å². The van der Waals surface area contributed by atoms with Gasteiger partial charge in [-0.3, -0.25) is 4.79 Å². The van der Waals surface area contributed by atoms with Gasteiger partial charge < -0.3 is 5.11 Å². The van der Waals surface area contributed by atoms with Gasteiger partial charge in [-0.25, -0.2) is 0 Å². The molecule has 0 aromatic heterocycles. The van der Waals surface area contributed by atoms with Crippen LogP contribution in [0.3, 0.4) is 0 Å². The van der Waals surface area contributed by atoms with E-state index in [1.54, 1.807) is 6.08 Å². The van der Waals surface area contributed by atoms with Crippen molar-refractivity contribution in [1.29, 1.82) is 0 Å². The molecule has 4 aromatic carbocycles. The quantitative estimate of drug-likeness (QED) is 0.386. The first-order chi connectivity index (χ1) is 12.6. The smallest absolute Gasteiger partial charge is 0.314 e. The van der Waals surface area contributed by atoms with E-state index in [2.05, 4.69) is 55.1 Å². The zero-order valence-corrected chi connectivity index (χ0v) is 14.3. The van der Waals surface area contributed by atoms with E-state index in [1.807, 2.05) is 18.2 Å². The maximum Gasteiger partial charge on any atom is 0.314 e. The first-order valence-corrected chi connectivity index (χ1v) is 8.86. The fraction of sp³-hybridized carbons (Fsp3) is 0.125. The lowest BCUT2D eigenvalue weighted by Crippen LogP contribution is -2.22. The summed E-state index contributed by atoms with van der Waals surface area (Å²) in [7, 11) is 0. The van der Waals surface area contributed by atoms with Crippen LogP contribution in [0.2, 0.25) is 0 Å². The van der Waals surface area contributed by atoms with E-state index >= 15 is 0 Å². The van der Waals surface area contributed by atoms with Crippen molar-refractivity contribution in [3.8, 4) is 0 Å². The average Bonchev–Trinajstić information content (AvgIpc) is 3.43. The number of fused-ring (bicyclic) bond motifs is 5. The number of rotatable bonds is 3. The normalized spacial score (nSPS) is 21.9. The fourth-order valence-electron chi connectivity index (χ4n) is 4.37. The summed E-state index contributed by atoms with van der Waals surface area (Å²) in [5.74, 6) is -0.749. The van der Waals surface area contributed by atoms with E-state index in [0.717, 1.165) is 16.3 Å². The molecule has 4 aromatic rings. The molecule has 0 radical (unpaired) electrons. The molecule has 1 N–H and O–H groups in total. The molecule has 1 aliphatic carbocycles. The molecule has 0 spiro atoms. The van der Waals surface area contributed by atoms with Gasteiger partial charge in [0.2, 0.25) is 0 Å². The van der Waals surface area contributed by atoms with Crippen LogP contribution in [-0.4, -0.2) is 11.1 Å². The molecule has 2 heteroatoms. The van der Waals surface area contributed by atoms with Crippen LogP contribution < -0.4 is 0 Å². The van der Waals surface area contributed by atoms with Crippen LogP contribution in [0.1, 0.15) is 12.0 Å². The van der Waals surface area contributed by atoms with Crippen LogP contribution >= 0.6 is 0 Å². The van der Waals surface area contributed by atoms with Gasteiger partial charge in [-0.05, 0) is 56.3 Å². The largest absolute Gasteiger partial charge is 0.481 e. The minimum absolute atomic E-state index is 0.00764. The SMILES string of the molecule is C=CC1CC1(C(=O)O)c1ccc2ccc3c4ccccc4ccc3c2c1. The van der Waals surface area contributed by atoms with Gasteiger partial charge in [-0.2, -0.15) is 0 Å². The molecule has 1 saturated carbocycles. The van der Waals surface area contributed by atoms with Crippen molar-refractivity contribution in [1.82, 2.24) is 0 Å². The van der Waals surface area contributed by atoms with Gasteiger partial charge in [-0.15, -0.1) is 6.58 Å². The van der Waals surface area contributed by atoms with Gasteiger partial charge in [0.15, 0.2) is 0 Å². The Kier molecular flexibility index (Phi) is 3.02. The lowest BCUT2D eigenvalue weighted by molar-refractivity contribution is -0.140. The second kappa shape index (κ2) is 5.18. The van der Waals surface area contributed by atoms with E-state index in [9.17, 15) is 9.90 Å². The summed E-state index contributed by atoms with van der Waals surface area (Å²) >= 11 is 0. The lowest BCUT2D eigenvalue weighted by atomic mass is 9.89. The molecule has 0 aliphatic heterocycles. The molecular formula is C24H18O2. The molecule has 1 fully saturated rings. The predicted octanol–water partition coefficient (Wildman–Crippen LogP) is 5.67. The Hall–Kier alpha value is -3.13. The number of carbonyl (C=O) groups is 1. The van der Waals surface area contributed by atoms with Crippen LogP contribution in [0.4, 0.5) is 0 Å². The van der Waals surface area contributed by atoms with E-state index in [1.165, 1.54) is 21.5 Å². The number of hydrogen-bond acceptors (Lipinski definition) is 1. The summed E-state index contributed by atoms with van der Waals surface area (Å²) in [6.07, 6.45) is 2.40. The van der Waals surface area contributed by atoms with Crippen LogP contribution in [0.15, 0.2) is 79.4 Å². The molecule has 0 saturated heterocycles. The van der Waals surface area contributed by atoms with Crippen LogP contribution in [-0.2, 0) is 10.2 Å². The monoisotopic (exact) mass is 338 g/mol. The van der Waals surface area contributed by atoms with E-state index in [0.29, 0.717) is 6.42 Å². The highest BCUT2D eigenvalue weighted by atomic mass is 16.4. The summed E-state index contributed by atoms with van der Waals surface area (Å²) in [5, 5.41) is 16.9. The van der Waals surface area contributed by atoms with Gasteiger partial charge in [0.05, 0.1) is 5.41 Å². The van der Waals surface area contributed by atoms with Crippen LogP contribution in [0.25, 0.3) is 32.3 Å². The number of carboxylic acids is 1. The van der Waals surface area contributed by atoms with Crippen molar-refractivity contribution in [2.75, 3.05) is 0 Å². The highest BCUT2D eigenvalue weighted by Gasteiger charge is 2.60. The minimum Gasteiger partial charge on any atom is -0.481 e. The fourth-order valence-corrected chi connectivity index (χ4v) is 4.37. The average molecular weight is 338 g/mol. The van der Waals surface area contributed by atoms with Gasteiger partial charge in [0.25, 0.3) is 0 Å². The number of hydrogen-bond donors (Lipinski definition) is 1. The molecule has 5 rings (SSSR count). The molecule has 2 atom stereocenters. The molecular weight excluding hydrogens is 320 g/mol. The highest BCUT2D eigenvalue weighted by molar-refractivity contribution is 6.17. The molecule has 26 heavy (non-hydrogen) atoms. The Morgan fingerprint density at radius 1 is 0.923 bits per heavy atom. The highest BCUT2D eigenvalue weighted by Crippen LogP contribution is 2.55. The van der Waals surface area contributed by atoms with Crippen LogP contribution in [0, 0.1) is 5.92 Å². The third kappa shape index (κ3) is 1.90. The van der Waals surface area contributed by atoms with E-state index < -0.39 is 11.4 Å². The number of allylic oxidation sites excluding steroid dienone is 1. The maximum atomic E-state index is 12.0. The molecule has 0 bridgehead atoms. The van der Waals surface area contributed by atoms with E-state index in [-0.39, 0.29) is 5.92 Å². The maximum absolute atomic E-state index is 12.0. The second-order valence-corrected chi connectivity index (χ2v) is 7.21. The zero-order valence-electron chi connectivity index (χ0n) is 14.3. The van der Waals surface area contributed by atoms with Crippen molar-refractivity contribution in [3.05, 3.63) is 84.9 Å². The summed E-state index contributed by atoms with van der Waals surface area (Å²) in [4.78, 5) is 12.0. The number of aliphatic carboxylic acids is 1. The summed E-state index contributed by atoms with van der Waals surface area (Å²) < 4.78 is 0. The first-order valence-electron chi connectivity index (χ1n) is 8.86. The molecule has 2 nitrogen and oxygen atoms in total. The Bertz CT molecular complexity index is 1220. The third-order valence-corrected chi connectivity index (χ3v) is 5.94. The topological polar surface area (TPSA) is 37.3 Å². The Morgan fingerprint density at radius 2 is 1.58 bits per heavy atom. The van der Waals surface area contributed by atoms with Gasteiger partial charge in [0.1, 0.15) is 0 Å². The summed E-state index contributed by atoms with van der Waals surface area (Å²) in [6.45, 7) is 3.81. The molecule has 126 valence electrons. The Labute approximate surface area is 151 Å². The summed E-state index contributed by atoms with van der Waals surface area (Å²) in [6, 6.07) is 23.0. The van der Waals surface area contributed by atoms with Crippen molar-refractivity contribution in [2.24, 2.45) is 5.92 Å². The van der Waals surface area contributed by atoms with Gasteiger partial charge >= 0.3 is 5.97 Å².